The molecule has 0 saturated carbocycles. The standard InChI is InChI=1S/C40H77O8P/c1-3-5-7-9-11-13-15-17-18-19-20-21-22-23-25-26-28-30-32-34-39(41)46-36-38(37-47-49(43,44)45)48-40(42)35-33-31-29-27-24-16-14-12-10-8-6-4-2/h17-18,38H,3-16,19-37H2,1-2H3,(H2,43,44,45)/b18-17-/t38-/m1/s1. The predicted molar refractivity (Wildman–Crippen MR) is 202 cm³/mol. The zero-order valence-electron chi connectivity index (χ0n) is 31.9. The van der Waals surface area contributed by atoms with Gasteiger partial charge < -0.3 is 19.3 Å². The predicted octanol–water partition coefficient (Wildman–Crippen LogP) is 12.2. The van der Waals surface area contributed by atoms with Crippen LogP contribution in [0.3, 0.4) is 0 Å². The molecule has 0 spiro atoms. The Kier molecular flexibility index (Phi) is 35.7. The lowest BCUT2D eigenvalue weighted by Gasteiger charge is -2.18. The Morgan fingerprint density at radius 3 is 1.24 bits per heavy atom. The number of hydrogen-bond donors (Lipinski definition) is 2. The fourth-order valence-corrected chi connectivity index (χ4v) is 6.32. The Bertz CT molecular complexity index is 812. The molecule has 9 heteroatoms. The smallest absolute Gasteiger partial charge is 0.462 e. The number of unbranched alkanes of at least 4 members (excludes halogenated alkanes) is 26. The van der Waals surface area contributed by atoms with Gasteiger partial charge in [-0.15, -0.1) is 0 Å². The van der Waals surface area contributed by atoms with E-state index in [1.54, 1.807) is 0 Å². The van der Waals surface area contributed by atoms with Gasteiger partial charge in [0, 0.05) is 12.8 Å². The number of carbonyl (C=O) groups is 2. The number of carbonyl (C=O) groups excluding carboxylic acids is 2. The van der Waals surface area contributed by atoms with Crippen molar-refractivity contribution in [2.45, 2.75) is 219 Å². The van der Waals surface area contributed by atoms with Gasteiger partial charge in [-0.3, -0.25) is 14.1 Å². The fourth-order valence-electron chi connectivity index (χ4n) is 5.96. The average Bonchev–Trinajstić information content (AvgIpc) is 3.07. The lowest BCUT2D eigenvalue weighted by Crippen LogP contribution is -2.29. The second-order valence-corrected chi connectivity index (χ2v) is 15.2. The summed E-state index contributed by atoms with van der Waals surface area (Å²) in [4.78, 5) is 42.7. The molecule has 0 amide bonds. The molecule has 0 aromatic carbocycles. The van der Waals surface area contributed by atoms with Crippen LogP contribution in [0, 0.1) is 0 Å². The van der Waals surface area contributed by atoms with Crippen molar-refractivity contribution < 1.29 is 37.9 Å². The summed E-state index contributed by atoms with van der Waals surface area (Å²) < 4.78 is 26.3. The Labute approximate surface area is 301 Å². The first kappa shape index (κ1) is 47.8. The van der Waals surface area contributed by atoms with Gasteiger partial charge in [-0.1, -0.05) is 174 Å². The molecule has 8 nitrogen and oxygen atoms in total. The zero-order valence-corrected chi connectivity index (χ0v) is 32.8. The number of esters is 2. The summed E-state index contributed by atoms with van der Waals surface area (Å²) in [6.45, 7) is 3.69. The van der Waals surface area contributed by atoms with Gasteiger partial charge in [0.05, 0.1) is 6.61 Å². The van der Waals surface area contributed by atoms with Crippen LogP contribution in [0.15, 0.2) is 12.2 Å². The number of ether oxygens (including phenoxy) is 2. The van der Waals surface area contributed by atoms with E-state index in [1.807, 2.05) is 0 Å². The molecule has 0 heterocycles. The van der Waals surface area contributed by atoms with E-state index >= 15 is 0 Å². The van der Waals surface area contributed by atoms with Crippen molar-refractivity contribution in [3.8, 4) is 0 Å². The van der Waals surface area contributed by atoms with Gasteiger partial charge in [-0.2, -0.15) is 0 Å². The van der Waals surface area contributed by atoms with Gasteiger partial charge in [-0.25, -0.2) is 4.57 Å². The average molecular weight is 717 g/mol. The van der Waals surface area contributed by atoms with Crippen LogP contribution in [0.4, 0.5) is 0 Å². The molecular formula is C40H77O8P. The molecule has 0 bridgehead atoms. The van der Waals surface area contributed by atoms with Crippen LogP contribution in [0.25, 0.3) is 0 Å². The number of allylic oxidation sites excluding steroid dienone is 2. The summed E-state index contributed by atoms with van der Waals surface area (Å²) in [6, 6.07) is 0. The van der Waals surface area contributed by atoms with Crippen molar-refractivity contribution in [2.75, 3.05) is 13.2 Å². The molecule has 1 atom stereocenters. The third kappa shape index (κ3) is 39.4. The highest BCUT2D eigenvalue weighted by atomic mass is 31.2. The maximum Gasteiger partial charge on any atom is 0.469 e. The van der Waals surface area contributed by atoms with Crippen LogP contribution >= 0.6 is 7.82 Å². The van der Waals surface area contributed by atoms with Crippen molar-refractivity contribution in [1.29, 1.82) is 0 Å². The maximum absolute atomic E-state index is 12.4. The minimum absolute atomic E-state index is 0.217. The molecule has 0 aliphatic heterocycles. The molecule has 0 aliphatic rings. The van der Waals surface area contributed by atoms with Crippen LogP contribution in [0.5, 0.6) is 0 Å². The highest BCUT2D eigenvalue weighted by Gasteiger charge is 2.22. The van der Waals surface area contributed by atoms with Gasteiger partial charge >= 0.3 is 19.8 Å². The maximum atomic E-state index is 12.4. The van der Waals surface area contributed by atoms with Gasteiger partial charge in [-0.05, 0) is 38.5 Å². The Balaban J connectivity index is 3.86. The molecule has 0 aliphatic carbocycles. The second-order valence-electron chi connectivity index (χ2n) is 14.0. The Hall–Kier alpha value is -1.21. The third-order valence-corrected chi connectivity index (χ3v) is 9.52. The van der Waals surface area contributed by atoms with Crippen LogP contribution < -0.4 is 0 Å². The van der Waals surface area contributed by atoms with E-state index < -0.39 is 32.5 Å². The van der Waals surface area contributed by atoms with Crippen molar-refractivity contribution in [1.82, 2.24) is 0 Å². The monoisotopic (exact) mass is 717 g/mol. The molecule has 0 aromatic rings. The molecule has 290 valence electrons. The van der Waals surface area contributed by atoms with Crippen LogP contribution in [-0.4, -0.2) is 41.0 Å². The number of phosphoric ester groups is 1. The van der Waals surface area contributed by atoms with Crippen molar-refractivity contribution in [3.63, 3.8) is 0 Å². The molecule has 0 saturated heterocycles. The van der Waals surface area contributed by atoms with Gasteiger partial charge in [0.15, 0.2) is 6.10 Å². The molecule has 0 aromatic heterocycles. The van der Waals surface area contributed by atoms with Gasteiger partial charge in [0.25, 0.3) is 0 Å². The summed E-state index contributed by atoms with van der Waals surface area (Å²) in [5.41, 5.74) is 0. The molecule has 0 radical (unpaired) electrons. The Morgan fingerprint density at radius 2 is 0.857 bits per heavy atom. The van der Waals surface area contributed by atoms with Crippen molar-refractivity contribution in [2.24, 2.45) is 0 Å². The van der Waals surface area contributed by atoms with E-state index in [1.165, 1.54) is 141 Å². The lowest BCUT2D eigenvalue weighted by molar-refractivity contribution is -0.161. The number of rotatable bonds is 38. The molecule has 2 N–H and O–H groups in total. The molecular weight excluding hydrogens is 639 g/mol. The van der Waals surface area contributed by atoms with Crippen LogP contribution in [-0.2, 0) is 28.2 Å². The van der Waals surface area contributed by atoms with Gasteiger partial charge in [0.1, 0.15) is 6.61 Å². The first-order valence-electron chi connectivity index (χ1n) is 20.5. The normalized spacial score (nSPS) is 12.5. The van der Waals surface area contributed by atoms with E-state index in [0.717, 1.165) is 38.5 Å². The minimum Gasteiger partial charge on any atom is -0.462 e. The van der Waals surface area contributed by atoms with E-state index in [2.05, 4.69) is 30.5 Å². The molecule has 0 rings (SSSR count). The largest absolute Gasteiger partial charge is 0.469 e. The summed E-state index contributed by atoms with van der Waals surface area (Å²) >= 11 is 0. The Morgan fingerprint density at radius 1 is 0.510 bits per heavy atom. The van der Waals surface area contributed by atoms with E-state index in [0.29, 0.717) is 6.42 Å². The quantitative estimate of drug-likeness (QED) is 0.0280. The fraction of sp³-hybridized carbons (Fsp3) is 0.900. The number of hydrogen-bond acceptors (Lipinski definition) is 6. The minimum atomic E-state index is -4.74. The zero-order chi connectivity index (χ0) is 36.1. The summed E-state index contributed by atoms with van der Waals surface area (Å²) in [5.74, 6) is -0.878. The lowest BCUT2D eigenvalue weighted by atomic mass is 10.0. The summed E-state index contributed by atoms with van der Waals surface area (Å²) in [6.07, 6.45) is 39.3. The summed E-state index contributed by atoms with van der Waals surface area (Å²) in [5, 5.41) is 0. The first-order valence-corrected chi connectivity index (χ1v) is 22.0. The van der Waals surface area contributed by atoms with E-state index in [9.17, 15) is 14.2 Å². The third-order valence-electron chi connectivity index (χ3n) is 9.03. The topological polar surface area (TPSA) is 119 Å². The van der Waals surface area contributed by atoms with Gasteiger partial charge in [0.2, 0.25) is 0 Å². The summed E-state index contributed by atoms with van der Waals surface area (Å²) in [7, 11) is -4.74. The first-order chi connectivity index (χ1) is 23.8. The molecule has 0 unspecified atom stereocenters. The molecule has 0 fully saturated rings. The highest BCUT2D eigenvalue weighted by molar-refractivity contribution is 7.46. The second kappa shape index (κ2) is 36.6. The SMILES string of the molecule is CCCCCCCC/C=C\CCCCCCCCCCCC(=O)OC[C@H](COP(=O)(O)O)OC(=O)CCCCCCCCCCCCCC. The van der Waals surface area contributed by atoms with E-state index in [-0.39, 0.29) is 19.4 Å². The van der Waals surface area contributed by atoms with E-state index in [4.69, 9.17) is 19.3 Å². The van der Waals surface area contributed by atoms with Crippen LogP contribution in [0.1, 0.15) is 213 Å². The van der Waals surface area contributed by atoms with Crippen molar-refractivity contribution >= 4 is 19.8 Å². The molecule has 49 heavy (non-hydrogen) atoms. The van der Waals surface area contributed by atoms with Crippen molar-refractivity contribution in [3.05, 3.63) is 12.2 Å². The number of phosphoric acid groups is 1. The van der Waals surface area contributed by atoms with Crippen LogP contribution in [0.2, 0.25) is 0 Å². The highest BCUT2D eigenvalue weighted by Crippen LogP contribution is 2.36.